The van der Waals surface area contributed by atoms with Crippen molar-refractivity contribution in [3.8, 4) is 0 Å². The molecule has 1 aliphatic rings. The number of rotatable bonds is 3. The first-order valence-electron chi connectivity index (χ1n) is 4.86. The van der Waals surface area contributed by atoms with Crippen molar-refractivity contribution >= 4 is 6.41 Å². The molecule has 1 saturated carbocycles. The van der Waals surface area contributed by atoms with Gasteiger partial charge in [-0.05, 0) is 30.7 Å². The Bertz CT molecular complexity index is 150. The van der Waals surface area contributed by atoms with E-state index in [-0.39, 0.29) is 20.4 Å². The van der Waals surface area contributed by atoms with Gasteiger partial charge in [-0.15, -0.1) is 0 Å². The van der Waals surface area contributed by atoms with Crippen LogP contribution in [0.2, 0.25) is 0 Å². The quantitative estimate of drug-likeness (QED) is 0.608. The van der Waals surface area contributed by atoms with Crippen LogP contribution in [0.4, 0.5) is 0 Å². The van der Waals surface area contributed by atoms with Crippen molar-refractivity contribution in [1.29, 1.82) is 0 Å². The van der Waals surface area contributed by atoms with Gasteiger partial charge in [-0.1, -0.05) is 26.7 Å². The van der Waals surface area contributed by atoms with E-state index in [1.807, 2.05) is 0 Å². The molecule has 2 atom stereocenters. The summed E-state index contributed by atoms with van der Waals surface area (Å²) in [4.78, 5) is 10.1. The standard InChI is InChI=1S/C10H18NO.Re/c1-8(2)9-4-3-5-10(6-9)11-7-12;/h8-10H,3-6H2,1-2H3,(H,11,12);/q-1;. The van der Waals surface area contributed by atoms with E-state index in [4.69, 9.17) is 0 Å². The first-order chi connectivity index (χ1) is 5.74. The summed E-state index contributed by atoms with van der Waals surface area (Å²) < 4.78 is 0. The first kappa shape index (κ1) is 13.1. The van der Waals surface area contributed by atoms with Gasteiger partial charge in [0, 0.05) is 20.4 Å². The maximum absolute atomic E-state index is 10.1. The molecular weight excluding hydrogens is 336 g/mol. The minimum Gasteiger partial charge on any atom is -0.527 e. The van der Waals surface area contributed by atoms with Gasteiger partial charge in [0.2, 0.25) is 0 Å². The van der Waals surface area contributed by atoms with Crippen molar-refractivity contribution in [3.63, 3.8) is 0 Å². The minimum atomic E-state index is 0. The molecule has 1 fully saturated rings. The molecule has 13 heavy (non-hydrogen) atoms. The molecule has 1 radical (unpaired) electrons. The van der Waals surface area contributed by atoms with Crippen molar-refractivity contribution in [1.82, 2.24) is 5.32 Å². The molecule has 1 amide bonds. The van der Waals surface area contributed by atoms with Crippen LogP contribution < -0.4 is 5.32 Å². The Morgan fingerprint density at radius 3 is 2.62 bits per heavy atom. The third-order valence-electron chi connectivity index (χ3n) is 2.92. The van der Waals surface area contributed by atoms with Crippen LogP contribution in [0.25, 0.3) is 0 Å². The van der Waals surface area contributed by atoms with Gasteiger partial charge in [0.15, 0.2) is 0 Å². The zero-order chi connectivity index (χ0) is 8.97. The maximum Gasteiger partial charge on any atom is 0 e. The van der Waals surface area contributed by atoms with E-state index in [9.17, 15) is 4.79 Å². The molecular formula is C10H18NORe-. The molecule has 0 aromatic rings. The number of hydrogen-bond donors (Lipinski definition) is 1. The summed E-state index contributed by atoms with van der Waals surface area (Å²) in [6, 6.07) is 0.392. The van der Waals surface area contributed by atoms with Crippen molar-refractivity contribution in [3.05, 3.63) is 0 Å². The van der Waals surface area contributed by atoms with E-state index >= 15 is 0 Å². The molecule has 2 unspecified atom stereocenters. The molecule has 0 aliphatic heterocycles. The molecule has 0 spiro atoms. The largest absolute Gasteiger partial charge is 0.527 e. The third kappa shape index (κ3) is 4.24. The second-order valence-corrected chi connectivity index (χ2v) is 4.11. The maximum atomic E-state index is 10.1. The average molecular weight is 354 g/mol. The molecule has 0 bridgehead atoms. The Morgan fingerprint density at radius 1 is 1.38 bits per heavy atom. The van der Waals surface area contributed by atoms with E-state index in [0.29, 0.717) is 6.04 Å². The van der Waals surface area contributed by atoms with Crippen molar-refractivity contribution < 1.29 is 25.2 Å². The predicted molar refractivity (Wildman–Crippen MR) is 49.4 cm³/mol. The zero-order valence-electron chi connectivity index (χ0n) is 8.35. The molecule has 1 N–H and O–H groups in total. The van der Waals surface area contributed by atoms with E-state index in [1.54, 1.807) is 6.41 Å². The molecule has 0 aromatic heterocycles. The molecule has 0 heterocycles. The second kappa shape index (κ2) is 6.57. The van der Waals surface area contributed by atoms with Gasteiger partial charge in [-0.25, -0.2) is 0 Å². The second-order valence-electron chi connectivity index (χ2n) is 4.11. The molecule has 3 heteroatoms. The van der Waals surface area contributed by atoms with Crippen LogP contribution in [0.5, 0.6) is 0 Å². The zero-order valence-corrected chi connectivity index (χ0v) is 11.1. The van der Waals surface area contributed by atoms with Gasteiger partial charge in [-0.2, -0.15) is 6.41 Å². The average Bonchev–Trinajstić information content (AvgIpc) is 2.05. The topological polar surface area (TPSA) is 29.1 Å². The summed E-state index contributed by atoms with van der Waals surface area (Å²) in [5, 5.41) is 2.76. The van der Waals surface area contributed by atoms with Crippen LogP contribution in [0.15, 0.2) is 0 Å². The summed E-state index contributed by atoms with van der Waals surface area (Å²) in [5.74, 6) is 1.55. The summed E-state index contributed by atoms with van der Waals surface area (Å²) in [6.45, 7) is 4.52. The Labute approximate surface area is 94.5 Å². The summed E-state index contributed by atoms with van der Waals surface area (Å²) in [5.41, 5.74) is 0. The first-order valence-corrected chi connectivity index (χ1v) is 4.86. The Morgan fingerprint density at radius 2 is 2.08 bits per heavy atom. The van der Waals surface area contributed by atoms with Gasteiger partial charge in [0.25, 0.3) is 0 Å². The normalized spacial score (nSPS) is 27.9. The number of nitrogens with one attached hydrogen (secondary N) is 1. The minimum absolute atomic E-state index is 0. The molecule has 0 saturated heterocycles. The van der Waals surface area contributed by atoms with Gasteiger partial charge >= 0.3 is 0 Å². The van der Waals surface area contributed by atoms with Crippen molar-refractivity contribution in [2.24, 2.45) is 11.8 Å². The van der Waals surface area contributed by atoms with E-state index < -0.39 is 0 Å². The Balaban J connectivity index is 0.00000144. The summed E-state index contributed by atoms with van der Waals surface area (Å²) >= 11 is 0. The fourth-order valence-electron chi connectivity index (χ4n) is 2.05. The van der Waals surface area contributed by atoms with Crippen LogP contribution in [-0.4, -0.2) is 12.5 Å². The van der Waals surface area contributed by atoms with Crippen LogP contribution in [0.3, 0.4) is 0 Å². The SMILES string of the molecule is CC(C)C1CCCC(N[C-]=O)C1.[Re]. The molecule has 1 rings (SSSR count). The summed E-state index contributed by atoms with van der Waals surface area (Å²) in [7, 11) is 0. The molecule has 77 valence electrons. The van der Waals surface area contributed by atoms with Crippen LogP contribution in [0, 0.1) is 11.8 Å². The summed E-state index contributed by atoms with van der Waals surface area (Å²) in [6.07, 6.45) is 6.66. The van der Waals surface area contributed by atoms with E-state index in [1.165, 1.54) is 12.8 Å². The van der Waals surface area contributed by atoms with Crippen LogP contribution in [0.1, 0.15) is 39.5 Å². The van der Waals surface area contributed by atoms with Crippen LogP contribution >= 0.6 is 0 Å². The Kier molecular flexibility index (Phi) is 6.63. The predicted octanol–water partition coefficient (Wildman–Crippen LogP) is 1.86. The van der Waals surface area contributed by atoms with Gasteiger partial charge < -0.3 is 10.1 Å². The third-order valence-corrected chi connectivity index (χ3v) is 2.92. The van der Waals surface area contributed by atoms with E-state index in [2.05, 4.69) is 19.2 Å². The number of carbonyl (C=O) groups excluding carboxylic acids is 1. The fourth-order valence-corrected chi connectivity index (χ4v) is 2.05. The van der Waals surface area contributed by atoms with Gasteiger partial charge in [-0.3, -0.25) is 0 Å². The monoisotopic (exact) mass is 355 g/mol. The van der Waals surface area contributed by atoms with E-state index in [0.717, 1.165) is 24.7 Å². The Hall–Kier alpha value is 0.132. The smallest absolute Gasteiger partial charge is 0 e. The van der Waals surface area contributed by atoms with Crippen LogP contribution in [-0.2, 0) is 25.2 Å². The number of amides is 1. The van der Waals surface area contributed by atoms with Crippen molar-refractivity contribution in [2.45, 2.75) is 45.6 Å². The molecule has 0 aromatic carbocycles. The van der Waals surface area contributed by atoms with Gasteiger partial charge in [0.1, 0.15) is 0 Å². The molecule has 1 aliphatic carbocycles. The number of hydrogen-bond acceptors (Lipinski definition) is 1. The molecule has 2 nitrogen and oxygen atoms in total. The van der Waals surface area contributed by atoms with Gasteiger partial charge in [0.05, 0.1) is 0 Å². The fraction of sp³-hybridized carbons (Fsp3) is 0.900. The van der Waals surface area contributed by atoms with Crippen molar-refractivity contribution in [2.75, 3.05) is 0 Å².